The van der Waals surface area contributed by atoms with Crippen LogP contribution in [0.3, 0.4) is 0 Å². The summed E-state index contributed by atoms with van der Waals surface area (Å²) in [4.78, 5) is 46.8. The zero-order valence-corrected chi connectivity index (χ0v) is 19.3. The fourth-order valence-electron chi connectivity index (χ4n) is 3.63. The Kier molecular flexibility index (Phi) is 9.73. The lowest BCUT2D eigenvalue weighted by Crippen LogP contribution is -2.65. The van der Waals surface area contributed by atoms with Gasteiger partial charge in [0.2, 0.25) is 0 Å². The zero-order valence-electron chi connectivity index (χ0n) is 19.3. The number of hydrogen-bond donors (Lipinski definition) is 3. The maximum Gasteiger partial charge on any atom is 0.303 e. The number of carbonyl (C=O) groups is 4. The highest BCUT2D eigenvalue weighted by Crippen LogP contribution is 2.33. The normalized spacial score (nSPS) is 37.9. The number of esters is 4. The Hall–Kier alpha value is -2.36. The van der Waals surface area contributed by atoms with Crippen molar-refractivity contribution in [2.75, 3.05) is 6.61 Å². The molecule has 2 saturated heterocycles. The van der Waals surface area contributed by atoms with Crippen molar-refractivity contribution in [1.29, 1.82) is 0 Å². The minimum absolute atomic E-state index is 0.477. The summed E-state index contributed by atoms with van der Waals surface area (Å²) in [6.45, 7) is 5.26. The van der Waals surface area contributed by atoms with Gasteiger partial charge in [0.15, 0.2) is 30.9 Å². The van der Waals surface area contributed by atoms with Crippen molar-refractivity contribution in [3.8, 4) is 0 Å². The molecule has 2 fully saturated rings. The van der Waals surface area contributed by atoms with Crippen molar-refractivity contribution in [2.24, 2.45) is 0 Å². The molecular formula is C20H30O14. The van der Waals surface area contributed by atoms with E-state index in [1.165, 1.54) is 6.92 Å². The van der Waals surface area contributed by atoms with E-state index in [0.29, 0.717) is 0 Å². The first-order chi connectivity index (χ1) is 15.8. The largest absolute Gasteiger partial charge is 0.463 e. The average Bonchev–Trinajstić information content (AvgIpc) is 2.71. The third-order valence-corrected chi connectivity index (χ3v) is 5.04. The second-order valence-corrected chi connectivity index (χ2v) is 7.88. The fourth-order valence-corrected chi connectivity index (χ4v) is 3.63. The molecule has 0 radical (unpaired) electrons. The second kappa shape index (κ2) is 11.9. The van der Waals surface area contributed by atoms with Gasteiger partial charge in [-0.05, 0) is 6.92 Å². The van der Waals surface area contributed by atoms with E-state index < -0.39 is 91.9 Å². The number of carbonyl (C=O) groups excluding carboxylic acids is 4. The van der Waals surface area contributed by atoms with E-state index >= 15 is 0 Å². The van der Waals surface area contributed by atoms with Crippen molar-refractivity contribution < 1.29 is 67.7 Å². The third kappa shape index (κ3) is 7.07. The number of ether oxygens (including phenoxy) is 7. The molecule has 2 aliphatic rings. The Labute approximate surface area is 194 Å². The standard InChI is InChI=1S/C20H30O14/c1-7-13(25)16(14(26)19(27)29-7)34-20-18(32-11(5)24)17(31-10(4)23)15(30-9(3)22)12(33-20)6-28-8(2)21/h7,12-20,25-27H,6H2,1-5H3/t7-,12+,13+,14-,15+,16+,17-,18+,19+,20-/m0/s1. The van der Waals surface area contributed by atoms with E-state index in [2.05, 4.69) is 0 Å². The molecule has 0 aromatic heterocycles. The van der Waals surface area contributed by atoms with Gasteiger partial charge >= 0.3 is 23.9 Å². The lowest BCUT2D eigenvalue weighted by Gasteiger charge is -2.47. The summed E-state index contributed by atoms with van der Waals surface area (Å²) in [5.74, 6) is -3.17. The molecule has 0 aliphatic carbocycles. The van der Waals surface area contributed by atoms with Crippen molar-refractivity contribution in [1.82, 2.24) is 0 Å². The molecule has 194 valence electrons. The molecule has 2 aliphatic heterocycles. The Morgan fingerprint density at radius 1 is 0.706 bits per heavy atom. The Bertz CT molecular complexity index is 742. The number of aliphatic hydroxyl groups is 3. The van der Waals surface area contributed by atoms with E-state index in [1.54, 1.807) is 0 Å². The molecule has 0 bridgehead atoms. The van der Waals surface area contributed by atoms with Gasteiger partial charge in [-0.1, -0.05) is 0 Å². The number of rotatable bonds is 7. The van der Waals surface area contributed by atoms with Gasteiger partial charge in [0.05, 0.1) is 6.10 Å². The molecule has 14 nitrogen and oxygen atoms in total. The van der Waals surface area contributed by atoms with Crippen LogP contribution in [0.15, 0.2) is 0 Å². The second-order valence-electron chi connectivity index (χ2n) is 7.88. The molecule has 0 saturated carbocycles. The van der Waals surface area contributed by atoms with Crippen LogP contribution in [0.2, 0.25) is 0 Å². The van der Waals surface area contributed by atoms with Crippen LogP contribution in [0, 0.1) is 0 Å². The molecule has 0 unspecified atom stereocenters. The molecule has 0 spiro atoms. The monoisotopic (exact) mass is 494 g/mol. The van der Waals surface area contributed by atoms with E-state index in [9.17, 15) is 34.5 Å². The smallest absolute Gasteiger partial charge is 0.303 e. The van der Waals surface area contributed by atoms with Gasteiger partial charge in [-0.2, -0.15) is 0 Å². The molecule has 0 amide bonds. The number of aliphatic hydroxyl groups excluding tert-OH is 3. The van der Waals surface area contributed by atoms with Crippen molar-refractivity contribution in [3.05, 3.63) is 0 Å². The molecule has 3 N–H and O–H groups in total. The SMILES string of the molecule is CC(=O)OC[C@H]1O[C@@H](O[C@@H]2[C@H](O)[C@H](C)O[C@@H](O)[C@H]2O)[C@H](OC(C)=O)[C@@H](OC(C)=O)[C@@H]1OC(C)=O. The molecule has 0 aromatic carbocycles. The van der Waals surface area contributed by atoms with Crippen LogP contribution in [0.25, 0.3) is 0 Å². The molecule has 14 heteroatoms. The summed E-state index contributed by atoms with van der Waals surface area (Å²) < 4.78 is 37.2. The van der Waals surface area contributed by atoms with E-state index in [1.807, 2.05) is 0 Å². The summed E-state index contributed by atoms with van der Waals surface area (Å²) in [7, 11) is 0. The predicted octanol–water partition coefficient (Wildman–Crippen LogP) is -2.09. The minimum atomic E-state index is -1.74. The maximum absolute atomic E-state index is 11.8. The molecule has 2 rings (SSSR count). The van der Waals surface area contributed by atoms with Gasteiger partial charge in [-0.15, -0.1) is 0 Å². The van der Waals surface area contributed by atoms with Gasteiger partial charge in [-0.3, -0.25) is 19.2 Å². The van der Waals surface area contributed by atoms with E-state index in [0.717, 1.165) is 27.7 Å². The molecule has 2 heterocycles. The highest BCUT2D eigenvalue weighted by atomic mass is 16.7. The molecular weight excluding hydrogens is 464 g/mol. The van der Waals surface area contributed by atoms with Crippen molar-refractivity contribution in [2.45, 2.75) is 96.0 Å². The van der Waals surface area contributed by atoms with Gasteiger partial charge < -0.3 is 48.5 Å². The minimum Gasteiger partial charge on any atom is -0.463 e. The van der Waals surface area contributed by atoms with Crippen LogP contribution >= 0.6 is 0 Å². The molecule has 0 aromatic rings. The van der Waals surface area contributed by atoms with Gasteiger partial charge in [0.1, 0.15) is 31.0 Å². The average molecular weight is 494 g/mol. The summed E-state index contributed by atoms with van der Waals surface area (Å²) in [5.41, 5.74) is 0. The summed E-state index contributed by atoms with van der Waals surface area (Å²) in [6.07, 6.45) is -14.7. The predicted molar refractivity (Wildman–Crippen MR) is 105 cm³/mol. The number of hydrogen-bond acceptors (Lipinski definition) is 14. The van der Waals surface area contributed by atoms with E-state index in [-0.39, 0.29) is 0 Å². The van der Waals surface area contributed by atoms with Crippen LogP contribution in [0.5, 0.6) is 0 Å². The first kappa shape index (κ1) is 27.9. The molecule has 34 heavy (non-hydrogen) atoms. The van der Waals surface area contributed by atoms with Crippen LogP contribution < -0.4 is 0 Å². The van der Waals surface area contributed by atoms with Gasteiger partial charge in [-0.25, -0.2) is 0 Å². The Morgan fingerprint density at radius 2 is 1.24 bits per heavy atom. The Morgan fingerprint density at radius 3 is 1.76 bits per heavy atom. The quantitative estimate of drug-likeness (QED) is 0.258. The zero-order chi connectivity index (χ0) is 25.7. The topological polar surface area (TPSA) is 194 Å². The summed E-state index contributed by atoms with van der Waals surface area (Å²) in [6, 6.07) is 0. The first-order valence-corrected chi connectivity index (χ1v) is 10.5. The highest BCUT2D eigenvalue weighted by molar-refractivity contribution is 5.68. The summed E-state index contributed by atoms with van der Waals surface area (Å²) in [5, 5.41) is 30.7. The van der Waals surface area contributed by atoms with Crippen molar-refractivity contribution >= 4 is 23.9 Å². The lowest BCUT2D eigenvalue weighted by molar-refractivity contribution is -0.354. The van der Waals surface area contributed by atoms with Crippen LogP contribution in [0.1, 0.15) is 34.6 Å². The third-order valence-electron chi connectivity index (χ3n) is 5.04. The maximum atomic E-state index is 11.8. The first-order valence-electron chi connectivity index (χ1n) is 10.5. The Balaban J connectivity index is 2.45. The van der Waals surface area contributed by atoms with Crippen LogP contribution in [-0.4, -0.2) is 107 Å². The van der Waals surface area contributed by atoms with E-state index in [4.69, 9.17) is 33.2 Å². The summed E-state index contributed by atoms with van der Waals surface area (Å²) >= 11 is 0. The van der Waals surface area contributed by atoms with Crippen LogP contribution in [-0.2, 0) is 52.3 Å². The van der Waals surface area contributed by atoms with Crippen LogP contribution in [0.4, 0.5) is 0 Å². The molecule has 10 atom stereocenters. The lowest BCUT2D eigenvalue weighted by atomic mass is 9.96. The highest BCUT2D eigenvalue weighted by Gasteiger charge is 2.55. The fraction of sp³-hybridized carbons (Fsp3) is 0.800. The van der Waals surface area contributed by atoms with Gasteiger partial charge in [0.25, 0.3) is 0 Å². The van der Waals surface area contributed by atoms with Crippen molar-refractivity contribution in [3.63, 3.8) is 0 Å². The van der Waals surface area contributed by atoms with Gasteiger partial charge in [0, 0.05) is 27.7 Å².